The first-order chi connectivity index (χ1) is 28.2. The molecule has 3 aromatic carbocycles. The number of hydrogen-bond donors (Lipinski definition) is 3. The predicted molar refractivity (Wildman–Crippen MR) is 224 cm³/mol. The normalized spacial score (nSPS) is 21.2. The van der Waals surface area contributed by atoms with Crippen molar-refractivity contribution in [3.8, 4) is 28.1 Å². The van der Waals surface area contributed by atoms with Crippen molar-refractivity contribution in [2.75, 3.05) is 33.9 Å². The molecule has 5 aromatic rings. The topological polar surface area (TPSA) is 164 Å². The van der Waals surface area contributed by atoms with E-state index in [4.69, 9.17) is 28.9 Å². The molecule has 3 aliphatic rings. The summed E-state index contributed by atoms with van der Waals surface area (Å²) in [5.74, 6) is 2.48. The molecule has 2 aromatic heterocycles. The number of aromatic amines is 2. The Morgan fingerprint density at radius 2 is 1.78 bits per heavy atom. The van der Waals surface area contributed by atoms with Crippen LogP contribution in [0.1, 0.15) is 90.1 Å². The second-order valence-electron chi connectivity index (χ2n) is 17.5. The average Bonchev–Trinajstić information content (AvgIpc) is 4.03. The molecule has 1 unspecified atom stereocenters. The summed E-state index contributed by atoms with van der Waals surface area (Å²) in [6.45, 7) is 13.8. The van der Waals surface area contributed by atoms with Crippen LogP contribution in [0.15, 0.2) is 48.7 Å². The largest absolute Gasteiger partial charge is 0.488 e. The molecule has 14 heteroatoms. The van der Waals surface area contributed by atoms with E-state index in [0.29, 0.717) is 26.3 Å². The molecular weight excluding hydrogens is 751 g/mol. The van der Waals surface area contributed by atoms with E-state index in [9.17, 15) is 14.4 Å². The molecule has 0 saturated carbocycles. The van der Waals surface area contributed by atoms with Crippen molar-refractivity contribution in [3.63, 3.8) is 0 Å². The Kier molecular flexibility index (Phi) is 10.8. The highest BCUT2D eigenvalue weighted by molar-refractivity contribution is 6.07. The number of benzene rings is 3. The van der Waals surface area contributed by atoms with E-state index >= 15 is 0 Å². The van der Waals surface area contributed by atoms with E-state index in [0.717, 1.165) is 86.4 Å². The van der Waals surface area contributed by atoms with Gasteiger partial charge in [0.1, 0.15) is 35.6 Å². The maximum absolute atomic E-state index is 13.9. The van der Waals surface area contributed by atoms with Crippen LogP contribution in [0.3, 0.4) is 0 Å². The number of H-pyrrole nitrogens is 2. The van der Waals surface area contributed by atoms with Crippen molar-refractivity contribution in [3.05, 3.63) is 65.9 Å². The first-order valence-corrected chi connectivity index (χ1v) is 20.7. The second-order valence-corrected chi connectivity index (χ2v) is 17.5. The molecule has 2 saturated heterocycles. The molecule has 8 rings (SSSR count). The predicted octanol–water partition coefficient (Wildman–Crippen LogP) is 8.29. The number of ether oxygens (including phenoxy) is 4. The number of amides is 3. The number of nitrogens with zero attached hydrogens (tertiary/aromatic N) is 4. The Labute approximate surface area is 344 Å². The molecule has 0 bridgehead atoms. The van der Waals surface area contributed by atoms with Crippen molar-refractivity contribution in [2.24, 2.45) is 17.8 Å². The summed E-state index contributed by atoms with van der Waals surface area (Å²) in [7, 11) is 2.99. The third-order valence-corrected chi connectivity index (χ3v) is 12.1. The number of carbonyl (C=O) groups is 3. The molecule has 5 heterocycles. The molecular formula is C45H55N7O7. The van der Waals surface area contributed by atoms with Crippen molar-refractivity contribution < 1.29 is 33.3 Å². The number of aromatic nitrogens is 4. The second kappa shape index (κ2) is 15.9. The number of alkyl carbamates (subject to hydrolysis) is 1. The number of fused-ring (bicyclic) bond motifs is 6. The number of carbonyl (C=O) groups excluding carboxylic acids is 3. The van der Waals surface area contributed by atoms with Gasteiger partial charge in [-0.1, -0.05) is 45.4 Å². The highest BCUT2D eigenvalue weighted by atomic mass is 16.6. The maximum atomic E-state index is 13.9. The molecule has 3 amide bonds. The van der Waals surface area contributed by atoms with Gasteiger partial charge in [0.25, 0.3) is 0 Å². The van der Waals surface area contributed by atoms with E-state index in [1.54, 1.807) is 12.0 Å². The lowest BCUT2D eigenvalue weighted by Gasteiger charge is -2.30. The van der Waals surface area contributed by atoms with Crippen molar-refractivity contribution in [2.45, 2.75) is 91.1 Å². The molecule has 14 nitrogen and oxygen atoms in total. The van der Waals surface area contributed by atoms with Gasteiger partial charge in [0.05, 0.1) is 48.7 Å². The lowest BCUT2D eigenvalue weighted by atomic mass is 9.92. The van der Waals surface area contributed by atoms with Gasteiger partial charge in [0.15, 0.2) is 0 Å². The highest BCUT2D eigenvalue weighted by Crippen LogP contribution is 2.44. The third kappa shape index (κ3) is 7.82. The van der Waals surface area contributed by atoms with Crippen LogP contribution in [0.4, 0.5) is 9.59 Å². The van der Waals surface area contributed by atoms with Gasteiger partial charge in [-0.25, -0.2) is 19.6 Å². The standard InChI is InChI=1S/C45H55N7O7/c1-9-25(3)38(50-43(54)57-8)42(53)51-20-24(2)14-35(51)40-46-19-34(48-40)28-10-12-30-29(16-28)23-58-37-18-31-27(17-32(30)37)11-13-33-39(31)49-41(47-33)36-15-26(22-56-7)21-52(36)44(55)59-45(4,5)6/h10-13,16-19,24-26,35-36,38H,9,14-15,20-23H2,1-8H3,(H,46,48)(H,47,49)(H,50,54)/t24-,25?,26-,35-,36-,38+/m0/s1. The molecule has 0 spiro atoms. The molecule has 6 atom stereocenters. The van der Waals surface area contributed by atoms with Gasteiger partial charge in [-0.15, -0.1) is 0 Å². The molecule has 59 heavy (non-hydrogen) atoms. The van der Waals surface area contributed by atoms with Gasteiger partial charge < -0.3 is 39.1 Å². The minimum atomic E-state index is -0.693. The Balaban J connectivity index is 1.05. The summed E-state index contributed by atoms with van der Waals surface area (Å²) < 4.78 is 22.5. The first kappa shape index (κ1) is 40.2. The van der Waals surface area contributed by atoms with Crippen LogP contribution < -0.4 is 10.1 Å². The van der Waals surface area contributed by atoms with Crippen LogP contribution in [0.25, 0.3) is 44.2 Å². The first-order valence-electron chi connectivity index (χ1n) is 20.7. The fourth-order valence-corrected chi connectivity index (χ4v) is 8.95. The number of methoxy groups -OCH3 is 2. The number of likely N-dealkylation sites (tertiary alicyclic amines) is 2. The van der Waals surface area contributed by atoms with Crippen LogP contribution in [0, 0.1) is 17.8 Å². The fourth-order valence-electron chi connectivity index (χ4n) is 8.95. The number of rotatable bonds is 9. The van der Waals surface area contributed by atoms with Crippen LogP contribution in [0.2, 0.25) is 0 Å². The SMILES string of the molecule is CCC(C)[C@@H](NC(=O)OC)C(=O)N1C[C@@H](C)C[C@H]1c1ncc(-c2ccc3c(c2)COc2cc4c(ccc5nc([C@@H]6C[C@H](COC)CN6C(=O)OC(C)(C)C)[nH]c54)cc2-3)[nH]1. The van der Waals surface area contributed by atoms with Gasteiger partial charge in [0.2, 0.25) is 5.91 Å². The van der Waals surface area contributed by atoms with Crippen LogP contribution in [-0.2, 0) is 25.6 Å². The number of nitrogens with one attached hydrogen (secondary N) is 3. The minimum absolute atomic E-state index is 0.0689. The Morgan fingerprint density at radius 1 is 0.983 bits per heavy atom. The van der Waals surface area contributed by atoms with Gasteiger partial charge in [0, 0.05) is 37.1 Å². The monoisotopic (exact) mass is 805 g/mol. The van der Waals surface area contributed by atoms with Crippen molar-refractivity contribution in [1.82, 2.24) is 35.1 Å². The van der Waals surface area contributed by atoms with E-state index in [1.165, 1.54) is 7.11 Å². The molecule has 0 aliphatic carbocycles. The zero-order chi connectivity index (χ0) is 41.7. The van der Waals surface area contributed by atoms with E-state index < -0.39 is 17.7 Å². The third-order valence-electron chi connectivity index (χ3n) is 12.1. The van der Waals surface area contributed by atoms with E-state index in [2.05, 4.69) is 58.6 Å². The molecule has 2 fully saturated rings. The summed E-state index contributed by atoms with van der Waals surface area (Å²) in [5, 5.41) is 4.81. The summed E-state index contributed by atoms with van der Waals surface area (Å²) in [6, 6.07) is 13.5. The van der Waals surface area contributed by atoms with Gasteiger partial charge in [-0.3, -0.25) is 9.69 Å². The Hall–Kier alpha value is -5.63. The average molecular weight is 806 g/mol. The maximum Gasteiger partial charge on any atom is 0.410 e. The van der Waals surface area contributed by atoms with Crippen molar-refractivity contribution in [1.29, 1.82) is 0 Å². The fraction of sp³-hybridized carbons (Fsp3) is 0.489. The smallest absolute Gasteiger partial charge is 0.410 e. The van der Waals surface area contributed by atoms with E-state index in [1.807, 2.05) is 51.8 Å². The number of hydrogen-bond acceptors (Lipinski definition) is 9. The highest BCUT2D eigenvalue weighted by Gasteiger charge is 2.42. The van der Waals surface area contributed by atoms with Gasteiger partial charge in [-0.05, 0) is 91.8 Å². The van der Waals surface area contributed by atoms with Gasteiger partial charge in [-0.2, -0.15) is 0 Å². The summed E-state index contributed by atoms with van der Waals surface area (Å²) >= 11 is 0. The molecule has 3 aliphatic heterocycles. The molecule has 3 N–H and O–H groups in total. The zero-order valence-corrected chi connectivity index (χ0v) is 35.2. The minimum Gasteiger partial charge on any atom is -0.488 e. The number of imidazole rings is 2. The summed E-state index contributed by atoms with van der Waals surface area (Å²) in [5.41, 5.74) is 6.08. The lowest BCUT2D eigenvalue weighted by Crippen LogP contribution is -2.51. The Morgan fingerprint density at radius 3 is 2.53 bits per heavy atom. The van der Waals surface area contributed by atoms with Crippen LogP contribution in [-0.4, -0.2) is 93.4 Å². The van der Waals surface area contributed by atoms with Gasteiger partial charge >= 0.3 is 12.2 Å². The summed E-state index contributed by atoms with van der Waals surface area (Å²) in [4.78, 5) is 60.0. The van der Waals surface area contributed by atoms with Crippen LogP contribution in [0.5, 0.6) is 5.75 Å². The lowest BCUT2D eigenvalue weighted by molar-refractivity contribution is -0.135. The zero-order valence-electron chi connectivity index (χ0n) is 35.2. The van der Waals surface area contributed by atoms with Crippen LogP contribution >= 0.6 is 0 Å². The Bertz CT molecular complexity index is 2400. The summed E-state index contributed by atoms with van der Waals surface area (Å²) in [6.07, 6.45) is 3.06. The molecule has 312 valence electrons. The molecule has 0 radical (unpaired) electrons. The van der Waals surface area contributed by atoms with Crippen molar-refractivity contribution >= 4 is 39.9 Å². The quantitative estimate of drug-likeness (QED) is 0.133. The van der Waals surface area contributed by atoms with E-state index in [-0.39, 0.29) is 41.8 Å².